The van der Waals surface area contributed by atoms with Gasteiger partial charge in [0.25, 0.3) is 0 Å². The summed E-state index contributed by atoms with van der Waals surface area (Å²) in [4.78, 5) is 4.73. The molecule has 0 fully saturated rings. The maximum Gasteiger partial charge on any atom is 0.0444 e. The Balaban J connectivity index is 2.52. The monoisotopic (exact) mass is 251 g/mol. The van der Waals surface area contributed by atoms with Crippen molar-refractivity contribution in [3.63, 3.8) is 0 Å². The summed E-state index contributed by atoms with van der Waals surface area (Å²) in [5.41, 5.74) is 6.09. The lowest BCUT2D eigenvalue weighted by Gasteiger charge is -2.15. The molecule has 1 aromatic heterocycles. The number of hydrogen-bond donors (Lipinski definition) is 0. The lowest BCUT2D eigenvalue weighted by atomic mass is 9.95. The minimum absolute atomic E-state index is 0.416. The number of hydrogen-bond acceptors (Lipinski definition) is 1. The number of allylic oxidation sites excluding steroid dienone is 1. The van der Waals surface area contributed by atoms with E-state index in [0.29, 0.717) is 5.92 Å². The Labute approximate surface area is 116 Å². The van der Waals surface area contributed by atoms with Gasteiger partial charge in [-0.05, 0) is 43.0 Å². The van der Waals surface area contributed by atoms with Crippen molar-refractivity contribution in [2.24, 2.45) is 0 Å². The molecule has 0 N–H and O–H groups in total. The van der Waals surface area contributed by atoms with Crippen LogP contribution in [0.15, 0.2) is 49.1 Å². The van der Waals surface area contributed by atoms with Crippen LogP contribution in [0.4, 0.5) is 0 Å². The zero-order chi connectivity index (χ0) is 13.8. The fourth-order valence-electron chi connectivity index (χ4n) is 2.30. The predicted octanol–water partition coefficient (Wildman–Crippen LogP) is 5.05. The van der Waals surface area contributed by atoms with Crippen LogP contribution in [0.2, 0.25) is 0 Å². The molecule has 0 spiro atoms. The van der Waals surface area contributed by atoms with Gasteiger partial charge in [0.05, 0.1) is 0 Å². The fourth-order valence-corrected chi connectivity index (χ4v) is 2.30. The molecule has 0 saturated carbocycles. The molecule has 1 heterocycles. The molecule has 19 heavy (non-hydrogen) atoms. The third-order valence-electron chi connectivity index (χ3n) is 3.65. The third kappa shape index (κ3) is 2.93. The van der Waals surface area contributed by atoms with E-state index in [4.69, 9.17) is 4.98 Å². The Morgan fingerprint density at radius 2 is 1.89 bits per heavy atom. The van der Waals surface area contributed by atoms with Crippen molar-refractivity contribution in [3.8, 4) is 11.1 Å². The summed E-state index contributed by atoms with van der Waals surface area (Å²) in [6.07, 6.45) is 2.92. The molecular weight excluding hydrogens is 230 g/mol. The Morgan fingerprint density at radius 3 is 2.53 bits per heavy atom. The largest absolute Gasteiger partial charge is 0.258 e. The van der Waals surface area contributed by atoms with Gasteiger partial charge >= 0.3 is 0 Å². The van der Waals surface area contributed by atoms with Crippen LogP contribution in [0.25, 0.3) is 11.1 Å². The molecule has 0 aliphatic carbocycles. The molecule has 2 aromatic rings. The van der Waals surface area contributed by atoms with E-state index in [1.165, 1.54) is 16.7 Å². The van der Waals surface area contributed by atoms with Gasteiger partial charge in [0.15, 0.2) is 0 Å². The molecule has 0 unspecified atom stereocenters. The Bertz CT molecular complexity index is 570. The molecule has 98 valence electrons. The molecule has 0 aliphatic rings. The summed E-state index contributed by atoms with van der Waals surface area (Å²) < 4.78 is 0. The molecule has 1 heteroatoms. The Morgan fingerprint density at radius 1 is 1.21 bits per heavy atom. The van der Waals surface area contributed by atoms with E-state index < -0.39 is 0 Å². The molecule has 1 atom stereocenters. The SMILES string of the molecule is C=CC[C@H](C)c1cc(-c2ccccc2)c(C)c(C)n1. The van der Waals surface area contributed by atoms with Crippen molar-refractivity contribution in [1.82, 2.24) is 4.98 Å². The van der Waals surface area contributed by atoms with Crippen LogP contribution < -0.4 is 0 Å². The van der Waals surface area contributed by atoms with Gasteiger partial charge < -0.3 is 0 Å². The number of aryl methyl sites for hydroxylation is 1. The van der Waals surface area contributed by atoms with Crippen molar-refractivity contribution in [2.75, 3.05) is 0 Å². The summed E-state index contributed by atoms with van der Waals surface area (Å²) in [5.74, 6) is 0.416. The number of nitrogens with zero attached hydrogens (tertiary/aromatic N) is 1. The highest BCUT2D eigenvalue weighted by atomic mass is 14.7. The first-order valence-corrected chi connectivity index (χ1v) is 6.78. The van der Waals surface area contributed by atoms with Crippen LogP contribution >= 0.6 is 0 Å². The first-order chi connectivity index (χ1) is 9.13. The van der Waals surface area contributed by atoms with Crippen LogP contribution in [-0.2, 0) is 0 Å². The van der Waals surface area contributed by atoms with E-state index in [-0.39, 0.29) is 0 Å². The zero-order valence-corrected chi connectivity index (χ0v) is 12.0. The molecule has 0 bridgehead atoms. The Hall–Kier alpha value is -1.89. The lowest BCUT2D eigenvalue weighted by molar-refractivity contribution is 0.745. The summed E-state index contributed by atoms with van der Waals surface area (Å²) in [7, 11) is 0. The summed E-state index contributed by atoms with van der Waals surface area (Å²) in [6.45, 7) is 10.3. The minimum atomic E-state index is 0.416. The van der Waals surface area contributed by atoms with Gasteiger partial charge in [-0.15, -0.1) is 6.58 Å². The number of benzene rings is 1. The van der Waals surface area contributed by atoms with E-state index in [1.807, 2.05) is 12.1 Å². The molecule has 2 rings (SSSR count). The van der Waals surface area contributed by atoms with Crippen molar-refractivity contribution < 1.29 is 0 Å². The first kappa shape index (κ1) is 13.5. The van der Waals surface area contributed by atoms with Crippen LogP contribution in [0.5, 0.6) is 0 Å². The molecular formula is C18H21N. The highest BCUT2D eigenvalue weighted by molar-refractivity contribution is 5.68. The molecule has 1 nitrogen and oxygen atoms in total. The fraction of sp³-hybridized carbons (Fsp3) is 0.278. The van der Waals surface area contributed by atoms with Gasteiger partial charge in [-0.1, -0.05) is 43.3 Å². The predicted molar refractivity (Wildman–Crippen MR) is 82.4 cm³/mol. The second-order valence-electron chi connectivity index (χ2n) is 5.10. The highest BCUT2D eigenvalue weighted by Gasteiger charge is 2.11. The van der Waals surface area contributed by atoms with E-state index in [0.717, 1.165) is 17.8 Å². The smallest absolute Gasteiger partial charge is 0.0444 e. The second kappa shape index (κ2) is 5.83. The van der Waals surface area contributed by atoms with E-state index in [9.17, 15) is 0 Å². The average Bonchev–Trinajstić information content (AvgIpc) is 2.43. The third-order valence-corrected chi connectivity index (χ3v) is 3.65. The van der Waals surface area contributed by atoms with E-state index in [1.54, 1.807) is 0 Å². The van der Waals surface area contributed by atoms with Gasteiger partial charge in [-0.2, -0.15) is 0 Å². The van der Waals surface area contributed by atoms with E-state index in [2.05, 4.69) is 57.7 Å². The standard InChI is InChI=1S/C18H21N/c1-5-9-13(2)18-12-17(14(3)15(4)19-18)16-10-7-6-8-11-16/h5-8,10-13H,1,9H2,2-4H3/t13-/m0/s1. The number of rotatable bonds is 4. The van der Waals surface area contributed by atoms with Crippen molar-refractivity contribution in [3.05, 3.63) is 66.0 Å². The number of aromatic nitrogens is 1. The first-order valence-electron chi connectivity index (χ1n) is 6.78. The van der Waals surface area contributed by atoms with Crippen LogP contribution in [0.1, 0.15) is 36.2 Å². The van der Waals surface area contributed by atoms with Crippen LogP contribution in [-0.4, -0.2) is 4.98 Å². The molecule has 1 aromatic carbocycles. The van der Waals surface area contributed by atoms with E-state index >= 15 is 0 Å². The topological polar surface area (TPSA) is 12.9 Å². The van der Waals surface area contributed by atoms with Gasteiger partial charge in [0.2, 0.25) is 0 Å². The van der Waals surface area contributed by atoms with Gasteiger partial charge in [0, 0.05) is 17.3 Å². The van der Waals surface area contributed by atoms with Crippen LogP contribution in [0, 0.1) is 13.8 Å². The molecule has 0 radical (unpaired) electrons. The van der Waals surface area contributed by atoms with Gasteiger partial charge in [0.1, 0.15) is 0 Å². The normalized spacial score (nSPS) is 12.2. The maximum absolute atomic E-state index is 4.73. The zero-order valence-electron chi connectivity index (χ0n) is 12.0. The summed E-state index contributed by atoms with van der Waals surface area (Å²) in [6, 6.07) is 12.8. The maximum atomic E-state index is 4.73. The van der Waals surface area contributed by atoms with Crippen molar-refractivity contribution in [1.29, 1.82) is 0 Å². The molecule has 0 amide bonds. The molecule has 0 saturated heterocycles. The molecule has 0 aliphatic heterocycles. The average molecular weight is 251 g/mol. The van der Waals surface area contributed by atoms with Gasteiger partial charge in [-0.3, -0.25) is 4.98 Å². The minimum Gasteiger partial charge on any atom is -0.258 e. The van der Waals surface area contributed by atoms with Gasteiger partial charge in [-0.25, -0.2) is 0 Å². The highest BCUT2D eigenvalue weighted by Crippen LogP contribution is 2.29. The lowest BCUT2D eigenvalue weighted by Crippen LogP contribution is -2.01. The van der Waals surface area contributed by atoms with Crippen molar-refractivity contribution in [2.45, 2.75) is 33.1 Å². The summed E-state index contributed by atoms with van der Waals surface area (Å²) in [5, 5.41) is 0. The van der Waals surface area contributed by atoms with Crippen LogP contribution in [0.3, 0.4) is 0 Å². The second-order valence-corrected chi connectivity index (χ2v) is 5.10. The Kier molecular flexibility index (Phi) is 4.16. The summed E-state index contributed by atoms with van der Waals surface area (Å²) >= 11 is 0. The number of pyridine rings is 1. The van der Waals surface area contributed by atoms with Crippen molar-refractivity contribution >= 4 is 0 Å². The quantitative estimate of drug-likeness (QED) is 0.693.